The SMILES string of the molecule is CCCOc1ccccc1OCC(=O)NC(CC(=O)OC(C)C)c1ccccc1. The van der Waals surface area contributed by atoms with Crippen LogP contribution in [-0.4, -0.2) is 31.2 Å². The highest BCUT2D eigenvalue weighted by Crippen LogP contribution is 2.26. The zero-order valence-corrected chi connectivity index (χ0v) is 17.2. The predicted molar refractivity (Wildman–Crippen MR) is 111 cm³/mol. The quantitative estimate of drug-likeness (QED) is 0.577. The predicted octanol–water partition coefficient (Wildman–Crippen LogP) is 4.05. The monoisotopic (exact) mass is 399 g/mol. The zero-order valence-electron chi connectivity index (χ0n) is 17.2. The highest BCUT2D eigenvalue weighted by atomic mass is 16.5. The first kappa shape index (κ1) is 22.3. The smallest absolute Gasteiger partial charge is 0.308 e. The van der Waals surface area contributed by atoms with Gasteiger partial charge in [-0.2, -0.15) is 0 Å². The lowest BCUT2D eigenvalue weighted by Crippen LogP contribution is -2.34. The van der Waals surface area contributed by atoms with Crippen molar-refractivity contribution in [3.8, 4) is 11.5 Å². The zero-order chi connectivity index (χ0) is 21.1. The number of benzene rings is 2. The van der Waals surface area contributed by atoms with E-state index in [0.29, 0.717) is 18.1 Å². The summed E-state index contributed by atoms with van der Waals surface area (Å²) in [5.74, 6) is 0.406. The molecule has 29 heavy (non-hydrogen) atoms. The number of rotatable bonds is 11. The van der Waals surface area contributed by atoms with Gasteiger partial charge in [0.15, 0.2) is 18.1 Å². The van der Waals surface area contributed by atoms with E-state index in [0.717, 1.165) is 12.0 Å². The molecule has 0 spiro atoms. The number of carbonyl (C=O) groups excluding carboxylic acids is 2. The number of para-hydroxylation sites is 2. The van der Waals surface area contributed by atoms with Crippen molar-refractivity contribution in [2.24, 2.45) is 0 Å². The molecule has 0 radical (unpaired) electrons. The van der Waals surface area contributed by atoms with Crippen LogP contribution in [0, 0.1) is 0 Å². The molecular weight excluding hydrogens is 370 g/mol. The van der Waals surface area contributed by atoms with Crippen LogP contribution in [0.15, 0.2) is 54.6 Å². The first-order chi connectivity index (χ1) is 14.0. The summed E-state index contributed by atoms with van der Waals surface area (Å²) in [5.41, 5.74) is 0.827. The van der Waals surface area contributed by atoms with Gasteiger partial charge in [0.05, 0.1) is 25.2 Å². The van der Waals surface area contributed by atoms with Crippen molar-refractivity contribution in [2.45, 2.75) is 45.8 Å². The minimum atomic E-state index is -0.495. The molecule has 1 atom stereocenters. The molecule has 1 N–H and O–H groups in total. The summed E-state index contributed by atoms with van der Waals surface area (Å²) >= 11 is 0. The number of hydrogen-bond acceptors (Lipinski definition) is 5. The minimum Gasteiger partial charge on any atom is -0.490 e. The van der Waals surface area contributed by atoms with Crippen molar-refractivity contribution in [1.82, 2.24) is 5.32 Å². The molecule has 0 bridgehead atoms. The Hall–Kier alpha value is -3.02. The van der Waals surface area contributed by atoms with Crippen molar-refractivity contribution in [3.63, 3.8) is 0 Å². The Morgan fingerprint density at radius 3 is 2.17 bits per heavy atom. The largest absolute Gasteiger partial charge is 0.490 e. The average molecular weight is 399 g/mol. The van der Waals surface area contributed by atoms with Gasteiger partial charge in [0, 0.05) is 0 Å². The van der Waals surface area contributed by atoms with E-state index >= 15 is 0 Å². The van der Waals surface area contributed by atoms with Gasteiger partial charge in [0.25, 0.3) is 5.91 Å². The van der Waals surface area contributed by atoms with Crippen molar-refractivity contribution < 1.29 is 23.8 Å². The third-order valence-corrected chi connectivity index (χ3v) is 3.94. The van der Waals surface area contributed by atoms with Crippen LogP contribution in [0.3, 0.4) is 0 Å². The molecule has 156 valence electrons. The Kier molecular flexibility index (Phi) is 9.02. The fourth-order valence-electron chi connectivity index (χ4n) is 2.70. The van der Waals surface area contributed by atoms with Gasteiger partial charge in [0.1, 0.15) is 0 Å². The molecule has 0 aliphatic heterocycles. The first-order valence-electron chi connectivity index (χ1n) is 9.88. The summed E-state index contributed by atoms with van der Waals surface area (Å²) in [4.78, 5) is 24.6. The van der Waals surface area contributed by atoms with E-state index in [9.17, 15) is 9.59 Å². The first-order valence-corrected chi connectivity index (χ1v) is 9.88. The third-order valence-electron chi connectivity index (χ3n) is 3.94. The fraction of sp³-hybridized carbons (Fsp3) is 0.391. The lowest BCUT2D eigenvalue weighted by Gasteiger charge is -2.20. The van der Waals surface area contributed by atoms with Crippen LogP contribution >= 0.6 is 0 Å². The van der Waals surface area contributed by atoms with Crippen LogP contribution in [0.2, 0.25) is 0 Å². The number of nitrogens with one attached hydrogen (secondary N) is 1. The van der Waals surface area contributed by atoms with E-state index in [4.69, 9.17) is 14.2 Å². The lowest BCUT2D eigenvalue weighted by molar-refractivity contribution is -0.148. The van der Waals surface area contributed by atoms with Crippen LogP contribution in [0.5, 0.6) is 11.5 Å². The number of ether oxygens (including phenoxy) is 3. The number of hydrogen-bond donors (Lipinski definition) is 1. The third kappa shape index (κ3) is 7.86. The standard InChI is InChI=1S/C23H29NO5/c1-4-14-27-20-12-8-9-13-21(20)28-16-22(25)24-19(15-23(26)29-17(2)3)18-10-6-5-7-11-18/h5-13,17,19H,4,14-16H2,1-3H3,(H,24,25). The minimum absolute atomic E-state index is 0.0458. The summed E-state index contributed by atoms with van der Waals surface area (Å²) < 4.78 is 16.5. The van der Waals surface area contributed by atoms with Crippen LogP contribution in [0.4, 0.5) is 0 Å². The van der Waals surface area contributed by atoms with E-state index in [1.54, 1.807) is 26.0 Å². The van der Waals surface area contributed by atoms with Crippen LogP contribution in [-0.2, 0) is 14.3 Å². The van der Waals surface area contributed by atoms with Crippen molar-refractivity contribution in [2.75, 3.05) is 13.2 Å². The van der Waals surface area contributed by atoms with E-state index in [1.807, 2.05) is 49.4 Å². The number of carbonyl (C=O) groups is 2. The van der Waals surface area contributed by atoms with Gasteiger partial charge in [-0.05, 0) is 38.0 Å². The Bertz CT molecular complexity index is 776. The highest BCUT2D eigenvalue weighted by molar-refractivity contribution is 5.79. The van der Waals surface area contributed by atoms with Gasteiger partial charge in [-0.1, -0.05) is 49.4 Å². The maximum Gasteiger partial charge on any atom is 0.308 e. The van der Waals surface area contributed by atoms with Crippen molar-refractivity contribution >= 4 is 11.9 Å². The van der Waals surface area contributed by atoms with Gasteiger partial charge in [-0.3, -0.25) is 9.59 Å². The Morgan fingerprint density at radius 2 is 1.55 bits per heavy atom. The molecule has 0 saturated heterocycles. The summed E-state index contributed by atoms with van der Waals surface area (Å²) in [5, 5.41) is 2.86. The van der Waals surface area contributed by atoms with Gasteiger partial charge in [-0.15, -0.1) is 0 Å². The second kappa shape index (κ2) is 11.7. The molecule has 0 aromatic heterocycles. The van der Waals surface area contributed by atoms with E-state index in [2.05, 4.69) is 5.32 Å². The maximum atomic E-state index is 12.5. The van der Waals surface area contributed by atoms with Crippen LogP contribution in [0.25, 0.3) is 0 Å². The molecule has 0 heterocycles. The molecule has 0 fully saturated rings. The average Bonchev–Trinajstić information content (AvgIpc) is 2.71. The van der Waals surface area contributed by atoms with Crippen LogP contribution in [0.1, 0.15) is 45.2 Å². The molecular formula is C23H29NO5. The lowest BCUT2D eigenvalue weighted by atomic mass is 10.0. The molecule has 6 nitrogen and oxygen atoms in total. The van der Waals surface area contributed by atoms with E-state index in [1.165, 1.54) is 0 Å². The second-order valence-electron chi connectivity index (χ2n) is 6.86. The summed E-state index contributed by atoms with van der Waals surface area (Å²) in [6, 6.07) is 16.1. The molecule has 0 aliphatic rings. The summed E-state index contributed by atoms with van der Waals surface area (Å²) in [6.45, 7) is 5.99. The topological polar surface area (TPSA) is 73.9 Å². The van der Waals surface area contributed by atoms with Gasteiger partial charge < -0.3 is 19.5 Å². The van der Waals surface area contributed by atoms with Crippen molar-refractivity contribution in [1.29, 1.82) is 0 Å². The van der Waals surface area contributed by atoms with Crippen LogP contribution < -0.4 is 14.8 Å². The maximum absolute atomic E-state index is 12.5. The van der Waals surface area contributed by atoms with Crippen molar-refractivity contribution in [3.05, 3.63) is 60.2 Å². The normalized spacial score (nSPS) is 11.6. The molecule has 2 aromatic rings. The molecule has 0 aliphatic carbocycles. The van der Waals surface area contributed by atoms with Gasteiger partial charge >= 0.3 is 5.97 Å². The molecule has 2 aromatic carbocycles. The molecule has 0 saturated carbocycles. The van der Waals surface area contributed by atoms with Gasteiger partial charge in [0.2, 0.25) is 0 Å². The number of amides is 1. The second-order valence-corrected chi connectivity index (χ2v) is 6.86. The van der Waals surface area contributed by atoms with E-state index in [-0.39, 0.29) is 31.0 Å². The molecule has 6 heteroatoms. The highest BCUT2D eigenvalue weighted by Gasteiger charge is 2.20. The Morgan fingerprint density at radius 1 is 0.931 bits per heavy atom. The molecule has 1 amide bonds. The fourth-order valence-corrected chi connectivity index (χ4v) is 2.70. The summed E-state index contributed by atoms with van der Waals surface area (Å²) in [7, 11) is 0. The molecule has 1 unspecified atom stereocenters. The van der Waals surface area contributed by atoms with E-state index < -0.39 is 6.04 Å². The molecule has 2 rings (SSSR count). The Labute approximate surface area is 172 Å². The van der Waals surface area contributed by atoms with Gasteiger partial charge in [-0.25, -0.2) is 0 Å². The Balaban J connectivity index is 2.00. The summed E-state index contributed by atoms with van der Waals surface area (Å²) in [6.07, 6.45) is 0.710. The number of esters is 1.